The monoisotopic (exact) mass is 331 g/mol. The highest BCUT2D eigenvalue weighted by Crippen LogP contribution is 2.42. The van der Waals surface area contributed by atoms with Crippen LogP contribution in [0.25, 0.3) is 0 Å². The minimum Gasteiger partial charge on any atom is -0.339 e. The molecule has 3 fully saturated rings. The van der Waals surface area contributed by atoms with Crippen molar-refractivity contribution in [1.29, 1.82) is 0 Å². The number of nitrogens with zero attached hydrogens (tertiary/aromatic N) is 4. The largest absolute Gasteiger partial charge is 0.339 e. The third kappa shape index (κ3) is 3.21. The van der Waals surface area contributed by atoms with Gasteiger partial charge in [0.1, 0.15) is 5.82 Å². The minimum absolute atomic E-state index is 0.363. The van der Waals surface area contributed by atoms with Gasteiger partial charge in [0.2, 0.25) is 5.91 Å². The van der Waals surface area contributed by atoms with Gasteiger partial charge in [-0.25, -0.2) is 4.98 Å². The fourth-order valence-electron chi connectivity index (χ4n) is 4.85. The molecule has 132 valence electrons. The van der Waals surface area contributed by atoms with Crippen LogP contribution in [0.3, 0.4) is 0 Å². The van der Waals surface area contributed by atoms with Crippen molar-refractivity contribution < 1.29 is 4.79 Å². The first-order chi connectivity index (χ1) is 11.6. The Kier molecular flexibility index (Phi) is 4.33. The summed E-state index contributed by atoms with van der Waals surface area (Å²) in [4.78, 5) is 21.5. The molecule has 4 rings (SSSR count). The van der Waals surface area contributed by atoms with Crippen LogP contribution in [-0.4, -0.2) is 56.6 Å². The first-order valence-corrected chi connectivity index (χ1v) is 9.53. The van der Waals surface area contributed by atoms with Crippen LogP contribution in [0.2, 0.25) is 0 Å². The molecule has 6 heteroatoms. The molecule has 1 N–H and O–H groups in total. The third-order valence-corrected chi connectivity index (χ3v) is 6.39. The van der Waals surface area contributed by atoms with Gasteiger partial charge in [-0.2, -0.15) is 5.10 Å². The lowest BCUT2D eigenvalue weighted by Gasteiger charge is -2.49. The zero-order valence-electron chi connectivity index (χ0n) is 14.8. The van der Waals surface area contributed by atoms with Crippen LogP contribution >= 0.6 is 0 Å². The maximum atomic E-state index is 12.4. The van der Waals surface area contributed by atoms with Crippen LogP contribution in [0.5, 0.6) is 0 Å². The molecule has 3 aliphatic rings. The fourth-order valence-corrected chi connectivity index (χ4v) is 4.85. The van der Waals surface area contributed by atoms with Crippen molar-refractivity contribution >= 4 is 5.91 Å². The molecule has 3 heterocycles. The van der Waals surface area contributed by atoms with Gasteiger partial charge in [-0.1, -0.05) is 12.8 Å². The van der Waals surface area contributed by atoms with E-state index in [1.807, 2.05) is 6.92 Å². The number of aryl methyl sites for hydroxylation is 1. The molecule has 24 heavy (non-hydrogen) atoms. The highest BCUT2D eigenvalue weighted by Gasteiger charge is 2.43. The summed E-state index contributed by atoms with van der Waals surface area (Å²) in [7, 11) is 0. The Hall–Kier alpha value is -1.43. The van der Waals surface area contributed by atoms with E-state index in [2.05, 4.69) is 25.0 Å². The summed E-state index contributed by atoms with van der Waals surface area (Å²) in [5.74, 6) is 2.19. The number of carbonyl (C=O) groups is 1. The number of likely N-dealkylation sites (tertiary alicyclic amines) is 2. The van der Waals surface area contributed by atoms with E-state index in [0.29, 0.717) is 17.4 Å². The van der Waals surface area contributed by atoms with Crippen molar-refractivity contribution in [1.82, 2.24) is 25.0 Å². The lowest BCUT2D eigenvalue weighted by molar-refractivity contribution is -0.142. The second kappa shape index (κ2) is 6.47. The summed E-state index contributed by atoms with van der Waals surface area (Å²) in [5, 5.41) is 7.18. The van der Waals surface area contributed by atoms with Crippen LogP contribution in [0.15, 0.2) is 0 Å². The third-order valence-electron chi connectivity index (χ3n) is 6.39. The van der Waals surface area contributed by atoms with E-state index in [0.717, 1.165) is 50.7 Å². The van der Waals surface area contributed by atoms with Crippen molar-refractivity contribution in [2.45, 2.75) is 70.9 Å². The lowest BCUT2D eigenvalue weighted by atomic mass is 9.72. The molecule has 0 aromatic carbocycles. The number of nitrogens with one attached hydrogen (secondary N) is 1. The average Bonchev–Trinajstić information content (AvgIpc) is 3.24. The van der Waals surface area contributed by atoms with Crippen LogP contribution in [0.4, 0.5) is 0 Å². The van der Waals surface area contributed by atoms with E-state index < -0.39 is 0 Å². The topological polar surface area (TPSA) is 65.1 Å². The van der Waals surface area contributed by atoms with Crippen molar-refractivity contribution in [2.75, 3.05) is 19.6 Å². The number of aromatic amines is 1. The minimum atomic E-state index is 0.363. The first-order valence-electron chi connectivity index (χ1n) is 9.53. The number of hydrogen-bond donors (Lipinski definition) is 1. The molecule has 1 amide bonds. The molecular weight excluding hydrogens is 302 g/mol. The van der Waals surface area contributed by atoms with E-state index in [4.69, 9.17) is 0 Å². The molecule has 1 spiro atoms. The summed E-state index contributed by atoms with van der Waals surface area (Å²) < 4.78 is 0. The van der Waals surface area contributed by atoms with Crippen molar-refractivity contribution in [2.24, 2.45) is 5.41 Å². The average molecular weight is 331 g/mol. The van der Waals surface area contributed by atoms with Gasteiger partial charge in [0.25, 0.3) is 0 Å². The summed E-state index contributed by atoms with van der Waals surface area (Å²) in [5.41, 5.74) is 0.363. The van der Waals surface area contributed by atoms with Crippen LogP contribution in [-0.2, 0) is 11.3 Å². The van der Waals surface area contributed by atoms with Gasteiger partial charge in [0, 0.05) is 19.0 Å². The summed E-state index contributed by atoms with van der Waals surface area (Å²) in [6.45, 7) is 5.98. The Labute approximate surface area is 144 Å². The zero-order valence-corrected chi connectivity index (χ0v) is 14.8. The number of aromatic nitrogens is 3. The number of H-pyrrole nitrogens is 1. The second-order valence-electron chi connectivity index (χ2n) is 8.07. The molecule has 0 unspecified atom stereocenters. The van der Waals surface area contributed by atoms with Crippen LogP contribution < -0.4 is 0 Å². The molecule has 1 aliphatic carbocycles. The van der Waals surface area contributed by atoms with E-state index in [1.54, 1.807) is 0 Å². The fraction of sp³-hybridized carbons (Fsp3) is 0.833. The van der Waals surface area contributed by atoms with Gasteiger partial charge >= 0.3 is 0 Å². The maximum absolute atomic E-state index is 12.4. The Balaban J connectivity index is 1.36. The highest BCUT2D eigenvalue weighted by molar-refractivity contribution is 5.77. The van der Waals surface area contributed by atoms with Gasteiger partial charge < -0.3 is 4.90 Å². The van der Waals surface area contributed by atoms with Gasteiger partial charge in [-0.15, -0.1) is 0 Å². The quantitative estimate of drug-likeness (QED) is 0.923. The van der Waals surface area contributed by atoms with Gasteiger partial charge in [-0.3, -0.25) is 14.8 Å². The molecular formula is C18H29N5O. The molecule has 1 saturated carbocycles. The normalized spacial score (nSPS) is 25.7. The zero-order chi connectivity index (χ0) is 16.6. The molecule has 1 aromatic rings. The number of rotatable bonds is 3. The molecule has 0 radical (unpaired) electrons. The van der Waals surface area contributed by atoms with E-state index >= 15 is 0 Å². The van der Waals surface area contributed by atoms with Crippen LogP contribution in [0.1, 0.15) is 63.0 Å². The van der Waals surface area contributed by atoms with Gasteiger partial charge in [-0.05, 0) is 57.5 Å². The Morgan fingerprint density at radius 2 is 1.96 bits per heavy atom. The standard InChI is InChI=1S/C18H29N5O/c1-14-19-16(21-20-14)12-22-10-8-18(9-11-22)7-6-17(24)23(13-18)15-4-2-3-5-15/h15H,2-13H2,1H3,(H,19,20,21). The number of amides is 1. The van der Waals surface area contributed by atoms with Crippen molar-refractivity contribution in [3.05, 3.63) is 11.6 Å². The number of piperidine rings is 2. The first kappa shape index (κ1) is 16.1. The number of hydrogen-bond acceptors (Lipinski definition) is 4. The molecule has 0 atom stereocenters. The SMILES string of the molecule is Cc1nc(CN2CCC3(CCC(=O)N(C4CCCC4)C3)CC2)n[nH]1. The van der Waals surface area contributed by atoms with E-state index in [1.165, 1.54) is 38.5 Å². The Bertz CT molecular complexity index is 584. The second-order valence-corrected chi connectivity index (χ2v) is 8.07. The maximum Gasteiger partial charge on any atom is 0.222 e. The molecule has 2 aliphatic heterocycles. The van der Waals surface area contributed by atoms with Gasteiger partial charge in [0.05, 0.1) is 6.54 Å². The van der Waals surface area contributed by atoms with Crippen molar-refractivity contribution in [3.8, 4) is 0 Å². The van der Waals surface area contributed by atoms with Crippen molar-refractivity contribution in [3.63, 3.8) is 0 Å². The Morgan fingerprint density at radius 3 is 2.62 bits per heavy atom. The van der Waals surface area contributed by atoms with Gasteiger partial charge in [0.15, 0.2) is 5.82 Å². The van der Waals surface area contributed by atoms with E-state index in [9.17, 15) is 4.79 Å². The molecule has 2 saturated heterocycles. The molecule has 1 aromatic heterocycles. The highest BCUT2D eigenvalue weighted by atomic mass is 16.2. The predicted octanol–water partition coefficient (Wildman–Crippen LogP) is 2.26. The molecule has 6 nitrogen and oxygen atoms in total. The smallest absolute Gasteiger partial charge is 0.222 e. The molecule has 0 bridgehead atoms. The Morgan fingerprint density at radius 1 is 1.21 bits per heavy atom. The summed E-state index contributed by atoms with van der Waals surface area (Å²) >= 11 is 0. The summed E-state index contributed by atoms with van der Waals surface area (Å²) in [6, 6.07) is 0.531. The van der Waals surface area contributed by atoms with E-state index in [-0.39, 0.29) is 0 Å². The predicted molar refractivity (Wildman–Crippen MR) is 91.3 cm³/mol. The number of carbonyl (C=O) groups excluding carboxylic acids is 1. The summed E-state index contributed by atoms with van der Waals surface area (Å²) in [6.07, 6.45) is 9.28. The lowest BCUT2D eigenvalue weighted by Crippen LogP contribution is -2.53. The van der Waals surface area contributed by atoms with Crippen LogP contribution in [0, 0.1) is 12.3 Å².